The molecule has 0 radical (unpaired) electrons. The Morgan fingerprint density at radius 1 is 1.25 bits per heavy atom. The normalized spacial score (nSPS) is 11.4. The lowest BCUT2D eigenvalue weighted by atomic mass is 10.0. The molecule has 128 valence electrons. The summed E-state index contributed by atoms with van der Waals surface area (Å²) in [4.78, 5) is 23.4. The molecule has 1 aromatic heterocycles. The van der Waals surface area contributed by atoms with Crippen LogP contribution in [0.2, 0.25) is 5.02 Å². The summed E-state index contributed by atoms with van der Waals surface area (Å²) in [7, 11) is 0. The van der Waals surface area contributed by atoms with Crippen LogP contribution in [0, 0.1) is 0 Å². The van der Waals surface area contributed by atoms with Gasteiger partial charge in [-0.25, -0.2) is 0 Å². The topological polar surface area (TPSA) is 48.3 Å². The quantitative estimate of drug-likeness (QED) is 0.781. The first kappa shape index (κ1) is 18.1. The summed E-state index contributed by atoms with van der Waals surface area (Å²) < 4.78 is 45.1. The second kappa shape index (κ2) is 7.09. The van der Waals surface area contributed by atoms with Crippen LogP contribution in [-0.2, 0) is 22.3 Å². The van der Waals surface area contributed by atoms with Crippen molar-refractivity contribution < 1.29 is 22.7 Å². The highest BCUT2D eigenvalue weighted by molar-refractivity contribution is 6.30. The Kier molecular flexibility index (Phi) is 5.33. The van der Waals surface area contributed by atoms with Crippen LogP contribution in [0.25, 0.3) is 11.1 Å². The molecular formula is C16H13ClF3NO3. The number of hydrogen-bond acceptors (Lipinski definition) is 3. The van der Waals surface area contributed by atoms with Crippen LogP contribution >= 0.6 is 11.6 Å². The second-order valence-corrected chi connectivity index (χ2v) is 5.31. The number of hydrogen-bond donors (Lipinski definition) is 0. The Morgan fingerprint density at radius 3 is 2.54 bits per heavy atom. The predicted octanol–water partition coefficient (Wildman–Crippen LogP) is 3.75. The van der Waals surface area contributed by atoms with Gasteiger partial charge in [0.15, 0.2) is 0 Å². The summed E-state index contributed by atoms with van der Waals surface area (Å²) >= 11 is 5.78. The van der Waals surface area contributed by atoms with Crippen molar-refractivity contribution in [2.24, 2.45) is 0 Å². The first-order chi connectivity index (χ1) is 11.2. The summed E-state index contributed by atoms with van der Waals surface area (Å²) in [5, 5.41) is 0.119. The highest BCUT2D eigenvalue weighted by Crippen LogP contribution is 2.38. The summed E-state index contributed by atoms with van der Waals surface area (Å²) in [6.45, 7) is 1.49. The number of rotatable bonds is 4. The lowest BCUT2D eigenvalue weighted by molar-refractivity contribution is -0.143. The third kappa shape index (κ3) is 4.17. The molecule has 2 rings (SSSR count). The largest absolute Gasteiger partial charge is 0.465 e. The zero-order valence-corrected chi connectivity index (χ0v) is 13.3. The molecule has 0 saturated heterocycles. The van der Waals surface area contributed by atoms with E-state index >= 15 is 0 Å². The van der Waals surface area contributed by atoms with Crippen LogP contribution in [0.1, 0.15) is 12.5 Å². The van der Waals surface area contributed by atoms with E-state index in [9.17, 15) is 22.8 Å². The SMILES string of the molecule is CCOC(=O)Cn1ccc(-c2cc(Cl)ccc2C(F)(F)F)cc1=O. The maximum atomic E-state index is 13.1. The van der Waals surface area contributed by atoms with Crippen LogP contribution in [0.5, 0.6) is 0 Å². The molecule has 0 bridgehead atoms. The van der Waals surface area contributed by atoms with Crippen LogP contribution in [0.15, 0.2) is 41.3 Å². The van der Waals surface area contributed by atoms with Gasteiger partial charge >= 0.3 is 12.1 Å². The monoisotopic (exact) mass is 359 g/mol. The van der Waals surface area contributed by atoms with E-state index in [4.69, 9.17) is 16.3 Å². The van der Waals surface area contributed by atoms with Crippen molar-refractivity contribution in [3.05, 3.63) is 57.5 Å². The number of carbonyl (C=O) groups is 1. The van der Waals surface area contributed by atoms with Crippen molar-refractivity contribution in [3.63, 3.8) is 0 Å². The Labute approximate surface area is 140 Å². The standard InChI is InChI=1S/C16H13ClF3NO3/c1-2-24-15(23)9-21-6-5-10(7-14(21)22)12-8-11(17)3-4-13(12)16(18,19)20/h3-8H,2,9H2,1H3. The van der Waals surface area contributed by atoms with E-state index in [0.29, 0.717) is 0 Å². The molecule has 0 saturated carbocycles. The minimum absolute atomic E-state index is 0.0648. The molecule has 0 spiro atoms. The summed E-state index contributed by atoms with van der Waals surface area (Å²) in [5.41, 5.74) is -1.64. The van der Waals surface area contributed by atoms with E-state index in [1.165, 1.54) is 12.3 Å². The summed E-state index contributed by atoms with van der Waals surface area (Å²) in [6, 6.07) is 5.49. The van der Waals surface area contributed by atoms with E-state index in [0.717, 1.165) is 28.8 Å². The minimum Gasteiger partial charge on any atom is -0.465 e. The molecule has 0 unspecified atom stereocenters. The van der Waals surface area contributed by atoms with Gasteiger partial charge in [-0.15, -0.1) is 0 Å². The van der Waals surface area contributed by atoms with Gasteiger partial charge in [0.25, 0.3) is 5.56 Å². The number of nitrogens with zero attached hydrogens (tertiary/aromatic N) is 1. The molecular weight excluding hydrogens is 347 g/mol. The lowest BCUT2D eigenvalue weighted by Gasteiger charge is -2.14. The zero-order valence-electron chi connectivity index (χ0n) is 12.6. The van der Waals surface area contributed by atoms with Gasteiger partial charge in [-0.05, 0) is 42.3 Å². The zero-order chi connectivity index (χ0) is 17.9. The maximum absolute atomic E-state index is 13.1. The fraction of sp³-hybridized carbons (Fsp3) is 0.250. The summed E-state index contributed by atoms with van der Waals surface area (Å²) in [6.07, 6.45) is -3.34. The van der Waals surface area contributed by atoms with Gasteiger partial charge in [-0.1, -0.05) is 11.6 Å². The molecule has 2 aromatic rings. The first-order valence-electron chi connectivity index (χ1n) is 6.95. The fourth-order valence-electron chi connectivity index (χ4n) is 2.15. The van der Waals surface area contributed by atoms with Crippen molar-refractivity contribution in [2.45, 2.75) is 19.6 Å². The molecule has 0 aliphatic rings. The number of carbonyl (C=O) groups excluding carboxylic acids is 1. The van der Waals surface area contributed by atoms with Crippen molar-refractivity contribution >= 4 is 17.6 Å². The van der Waals surface area contributed by atoms with Crippen molar-refractivity contribution in [1.82, 2.24) is 4.57 Å². The molecule has 0 atom stereocenters. The molecule has 8 heteroatoms. The molecule has 4 nitrogen and oxygen atoms in total. The smallest absolute Gasteiger partial charge is 0.417 e. The van der Waals surface area contributed by atoms with Crippen molar-refractivity contribution in [2.75, 3.05) is 6.61 Å². The van der Waals surface area contributed by atoms with Crippen LogP contribution < -0.4 is 5.56 Å². The molecule has 1 heterocycles. The Balaban J connectivity index is 2.45. The van der Waals surface area contributed by atoms with Gasteiger partial charge in [0.05, 0.1) is 12.2 Å². The van der Waals surface area contributed by atoms with Gasteiger partial charge in [0.1, 0.15) is 6.54 Å². The third-order valence-corrected chi connectivity index (χ3v) is 3.43. The number of halogens is 4. The first-order valence-corrected chi connectivity index (χ1v) is 7.33. The number of pyridine rings is 1. The van der Waals surface area contributed by atoms with E-state index in [1.54, 1.807) is 6.92 Å². The molecule has 1 aromatic carbocycles. The second-order valence-electron chi connectivity index (χ2n) is 4.87. The predicted molar refractivity (Wildman–Crippen MR) is 82.8 cm³/mol. The number of ether oxygens (including phenoxy) is 1. The highest BCUT2D eigenvalue weighted by atomic mass is 35.5. The molecule has 0 aliphatic carbocycles. The molecule has 0 fully saturated rings. The Bertz CT molecular complexity index is 815. The van der Waals surface area contributed by atoms with Crippen molar-refractivity contribution in [1.29, 1.82) is 0 Å². The van der Waals surface area contributed by atoms with Gasteiger partial charge < -0.3 is 9.30 Å². The van der Waals surface area contributed by atoms with Crippen LogP contribution in [0.3, 0.4) is 0 Å². The molecule has 0 N–H and O–H groups in total. The van der Waals surface area contributed by atoms with Gasteiger partial charge in [-0.3, -0.25) is 9.59 Å². The molecule has 0 amide bonds. The average Bonchev–Trinajstić information content (AvgIpc) is 2.48. The van der Waals surface area contributed by atoms with Crippen LogP contribution in [0.4, 0.5) is 13.2 Å². The maximum Gasteiger partial charge on any atom is 0.417 e. The molecule has 24 heavy (non-hydrogen) atoms. The van der Waals surface area contributed by atoms with E-state index < -0.39 is 23.3 Å². The highest BCUT2D eigenvalue weighted by Gasteiger charge is 2.33. The average molecular weight is 360 g/mol. The number of aromatic nitrogens is 1. The number of alkyl halides is 3. The van der Waals surface area contributed by atoms with Gasteiger partial charge in [0.2, 0.25) is 0 Å². The summed E-state index contributed by atoms with van der Waals surface area (Å²) in [5.74, 6) is -0.605. The van der Waals surface area contributed by atoms with E-state index in [-0.39, 0.29) is 29.3 Å². The molecule has 0 aliphatic heterocycles. The number of benzene rings is 1. The van der Waals surface area contributed by atoms with Gasteiger partial charge in [-0.2, -0.15) is 13.2 Å². The minimum atomic E-state index is -4.58. The fourth-order valence-corrected chi connectivity index (χ4v) is 2.33. The third-order valence-electron chi connectivity index (χ3n) is 3.20. The lowest BCUT2D eigenvalue weighted by Crippen LogP contribution is -2.24. The van der Waals surface area contributed by atoms with Gasteiger partial charge in [0, 0.05) is 17.3 Å². The van der Waals surface area contributed by atoms with Crippen LogP contribution in [-0.4, -0.2) is 17.1 Å². The van der Waals surface area contributed by atoms with Crippen molar-refractivity contribution in [3.8, 4) is 11.1 Å². The number of esters is 1. The Morgan fingerprint density at radius 2 is 1.96 bits per heavy atom. The van der Waals surface area contributed by atoms with E-state index in [1.807, 2.05) is 0 Å². The van der Waals surface area contributed by atoms with E-state index in [2.05, 4.69) is 0 Å². The Hall–Kier alpha value is -2.28.